The van der Waals surface area contributed by atoms with E-state index < -0.39 is 0 Å². The zero-order valence-corrected chi connectivity index (χ0v) is 15.6. The van der Waals surface area contributed by atoms with Crippen LogP contribution in [0.15, 0.2) is 40.7 Å². The molecule has 0 saturated carbocycles. The van der Waals surface area contributed by atoms with E-state index in [1.165, 1.54) is 10.4 Å². The molecule has 1 N–H and O–H groups in total. The van der Waals surface area contributed by atoms with E-state index in [9.17, 15) is 0 Å². The van der Waals surface area contributed by atoms with Gasteiger partial charge in [-0.2, -0.15) is 0 Å². The Hall–Kier alpha value is -2.21. The Morgan fingerprint density at radius 1 is 1.24 bits per heavy atom. The first-order chi connectivity index (χ1) is 12.3. The molecule has 1 aromatic heterocycles. The number of aliphatic imine (C=N–C) groups is 1. The summed E-state index contributed by atoms with van der Waals surface area (Å²) in [5.41, 5.74) is 1.21. The Labute approximate surface area is 153 Å². The van der Waals surface area contributed by atoms with Gasteiger partial charge in [0.15, 0.2) is 17.5 Å². The molecule has 0 aliphatic carbocycles. The topological polar surface area (TPSA) is 46.1 Å². The second-order valence-corrected chi connectivity index (χ2v) is 6.96. The van der Waals surface area contributed by atoms with Gasteiger partial charge in [0.05, 0.1) is 0 Å². The van der Waals surface area contributed by atoms with Crippen molar-refractivity contribution in [2.75, 3.05) is 33.5 Å². The number of likely N-dealkylation sites (N-methyl/N-ethyl adjacent to an activating group) is 1. The molecule has 0 amide bonds. The minimum absolute atomic E-state index is 0.316. The minimum Gasteiger partial charge on any atom is -0.454 e. The van der Waals surface area contributed by atoms with Crippen molar-refractivity contribution in [3.05, 3.63) is 46.2 Å². The molecule has 5 nitrogen and oxygen atoms in total. The Morgan fingerprint density at radius 3 is 2.92 bits per heavy atom. The van der Waals surface area contributed by atoms with Gasteiger partial charge in [-0.1, -0.05) is 12.1 Å². The number of nitrogens with one attached hydrogen (secondary N) is 1. The van der Waals surface area contributed by atoms with Crippen molar-refractivity contribution in [2.24, 2.45) is 4.99 Å². The van der Waals surface area contributed by atoms with Crippen LogP contribution in [0.5, 0.6) is 11.5 Å². The van der Waals surface area contributed by atoms with Crippen molar-refractivity contribution in [2.45, 2.75) is 19.8 Å². The molecule has 2 aromatic rings. The summed E-state index contributed by atoms with van der Waals surface area (Å²) in [6.07, 6.45) is 1.92. The Bertz CT molecular complexity index is 701. The summed E-state index contributed by atoms with van der Waals surface area (Å²) < 4.78 is 10.8. The van der Waals surface area contributed by atoms with Gasteiger partial charge in [-0.15, -0.1) is 11.3 Å². The average Bonchev–Trinajstić information content (AvgIpc) is 3.30. The molecular formula is C19H25N3O2S. The lowest BCUT2D eigenvalue weighted by Gasteiger charge is -2.21. The molecule has 1 aliphatic rings. The molecule has 3 rings (SSSR count). The van der Waals surface area contributed by atoms with Gasteiger partial charge in [-0.05, 0) is 48.9 Å². The lowest BCUT2D eigenvalue weighted by molar-refractivity contribution is 0.174. The largest absolute Gasteiger partial charge is 0.454 e. The van der Waals surface area contributed by atoms with Gasteiger partial charge in [-0.25, -0.2) is 0 Å². The minimum atomic E-state index is 0.316. The summed E-state index contributed by atoms with van der Waals surface area (Å²) in [7, 11) is 2.09. The van der Waals surface area contributed by atoms with Crippen LogP contribution in [0.1, 0.15) is 17.4 Å². The molecule has 1 aromatic carbocycles. The van der Waals surface area contributed by atoms with Gasteiger partial charge in [0, 0.05) is 31.6 Å². The van der Waals surface area contributed by atoms with E-state index in [0.717, 1.165) is 49.9 Å². The molecule has 0 radical (unpaired) electrons. The maximum Gasteiger partial charge on any atom is 0.231 e. The van der Waals surface area contributed by atoms with Gasteiger partial charge >= 0.3 is 0 Å². The highest BCUT2D eigenvalue weighted by Crippen LogP contribution is 2.32. The number of ether oxygens (including phenoxy) is 2. The van der Waals surface area contributed by atoms with Gasteiger partial charge in [0.25, 0.3) is 0 Å². The summed E-state index contributed by atoms with van der Waals surface area (Å²) in [5.74, 6) is 2.62. The highest BCUT2D eigenvalue weighted by atomic mass is 32.1. The molecule has 0 unspecified atom stereocenters. The molecule has 134 valence electrons. The van der Waals surface area contributed by atoms with E-state index in [0.29, 0.717) is 6.79 Å². The van der Waals surface area contributed by atoms with Crippen molar-refractivity contribution < 1.29 is 9.47 Å². The summed E-state index contributed by atoms with van der Waals surface area (Å²) in [4.78, 5) is 8.37. The molecule has 2 heterocycles. The molecule has 1 aliphatic heterocycles. The first-order valence-corrected chi connectivity index (χ1v) is 9.54. The van der Waals surface area contributed by atoms with Crippen LogP contribution in [0.2, 0.25) is 0 Å². The molecule has 0 bridgehead atoms. The van der Waals surface area contributed by atoms with Crippen molar-refractivity contribution in [3.63, 3.8) is 0 Å². The third kappa shape index (κ3) is 4.89. The molecule has 25 heavy (non-hydrogen) atoms. The van der Waals surface area contributed by atoms with Gasteiger partial charge in [0.1, 0.15) is 0 Å². The van der Waals surface area contributed by atoms with Crippen molar-refractivity contribution >= 4 is 17.3 Å². The molecule has 0 atom stereocenters. The van der Waals surface area contributed by atoms with Crippen LogP contribution in [0, 0.1) is 0 Å². The Balaban J connectivity index is 1.54. The van der Waals surface area contributed by atoms with Crippen molar-refractivity contribution in [3.8, 4) is 11.5 Å². The summed E-state index contributed by atoms with van der Waals surface area (Å²) in [5, 5.41) is 5.50. The maximum atomic E-state index is 5.43. The van der Waals surface area contributed by atoms with E-state index in [2.05, 4.69) is 47.8 Å². The third-order valence-electron chi connectivity index (χ3n) is 4.07. The second kappa shape index (κ2) is 8.76. The second-order valence-electron chi connectivity index (χ2n) is 5.92. The molecule has 6 heteroatoms. The SMILES string of the molecule is CCNC(=NCCc1ccc2c(c1)OCO2)N(C)CCc1cccs1. The number of fused-ring (bicyclic) bond motifs is 1. The predicted octanol–water partition coefficient (Wildman–Crippen LogP) is 3.16. The zero-order chi connectivity index (χ0) is 17.5. The van der Waals surface area contributed by atoms with Gasteiger partial charge in [0.2, 0.25) is 6.79 Å². The average molecular weight is 359 g/mol. The fourth-order valence-corrected chi connectivity index (χ4v) is 3.39. The normalized spacial score (nSPS) is 13.1. The van der Waals surface area contributed by atoms with Crippen LogP contribution in [-0.2, 0) is 12.8 Å². The third-order valence-corrected chi connectivity index (χ3v) is 5.01. The maximum absolute atomic E-state index is 5.43. The van der Waals surface area contributed by atoms with E-state index in [1.807, 2.05) is 12.1 Å². The van der Waals surface area contributed by atoms with Crippen molar-refractivity contribution in [1.29, 1.82) is 0 Å². The summed E-state index contributed by atoms with van der Waals surface area (Å²) >= 11 is 1.81. The lowest BCUT2D eigenvalue weighted by atomic mass is 10.1. The summed E-state index contributed by atoms with van der Waals surface area (Å²) in [6.45, 7) is 4.98. The first-order valence-electron chi connectivity index (χ1n) is 8.66. The number of benzene rings is 1. The monoisotopic (exact) mass is 359 g/mol. The predicted molar refractivity (Wildman–Crippen MR) is 103 cm³/mol. The molecule has 0 spiro atoms. The van der Waals surface area contributed by atoms with E-state index in [1.54, 1.807) is 11.3 Å². The quantitative estimate of drug-likeness (QED) is 0.609. The smallest absolute Gasteiger partial charge is 0.231 e. The highest BCUT2D eigenvalue weighted by molar-refractivity contribution is 7.09. The summed E-state index contributed by atoms with van der Waals surface area (Å²) in [6, 6.07) is 10.4. The van der Waals surface area contributed by atoms with E-state index >= 15 is 0 Å². The van der Waals surface area contributed by atoms with Crippen LogP contribution in [0.4, 0.5) is 0 Å². The number of guanidine groups is 1. The number of nitrogens with zero attached hydrogens (tertiary/aromatic N) is 2. The number of thiophene rings is 1. The van der Waals surface area contributed by atoms with Gasteiger partial charge in [-0.3, -0.25) is 4.99 Å². The molecule has 0 fully saturated rings. The first kappa shape index (κ1) is 17.6. The van der Waals surface area contributed by atoms with Crippen LogP contribution in [0.3, 0.4) is 0 Å². The number of hydrogen-bond donors (Lipinski definition) is 1. The fraction of sp³-hybridized carbons (Fsp3) is 0.421. The van der Waals surface area contributed by atoms with Crippen LogP contribution in [0.25, 0.3) is 0 Å². The van der Waals surface area contributed by atoms with Crippen LogP contribution >= 0.6 is 11.3 Å². The number of rotatable bonds is 7. The van der Waals surface area contributed by atoms with Crippen LogP contribution in [-0.4, -0.2) is 44.3 Å². The Morgan fingerprint density at radius 2 is 2.12 bits per heavy atom. The lowest BCUT2D eigenvalue weighted by Crippen LogP contribution is -2.40. The molecule has 0 saturated heterocycles. The zero-order valence-electron chi connectivity index (χ0n) is 14.8. The van der Waals surface area contributed by atoms with E-state index in [-0.39, 0.29) is 0 Å². The highest BCUT2D eigenvalue weighted by Gasteiger charge is 2.13. The van der Waals surface area contributed by atoms with Gasteiger partial charge < -0.3 is 19.7 Å². The van der Waals surface area contributed by atoms with Crippen molar-refractivity contribution in [1.82, 2.24) is 10.2 Å². The standard InChI is InChI=1S/C19H25N3O2S/c1-3-20-19(22(2)11-9-16-5-4-12-25-16)21-10-8-15-6-7-17-18(13-15)24-14-23-17/h4-7,12-13H,3,8-11,14H2,1-2H3,(H,20,21). The van der Waals surface area contributed by atoms with E-state index in [4.69, 9.17) is 14.5 Å². The number of hydrogen-bond acceptors (Lipinski definition) is 4. The Kier molecular flexibility index (Phi) is 6.17. The molecular weight excluding hydrogens is 334 g/mol. The van der Waals surface area contributed by atoms with Crippen LogP contribution < -0.4 is 14.8 Å². The fourth-order valence-electron chi connectivity index (χ4n) is 2.70.